The number of urea groups is 1. The Hall–Kier alpha value is -3.13. The molecule has 0 saturated heterocycles. The first-order valence-corrected chi connectivity index (χ1v) is 14.6. The van der Waals surface area contributed by atoms with E-state index in [0.29, 0.717) is 17.2 Å². The highest BCUT2D eigenvalue weighted by Crippen LogP contribution is 2.41. The summed E-state index contributed by atoms with van der Waals surface area (Å²) < 4.78 is 17.2. The van der Waals surface area contributed by atoms with Gasteiger partial charge in [0.05, 0.1) is 18.2 Å². The van der Waals surface area contributed by atoms with Crippen LogP contribution in [-0.4, -0.2) is 46.0 Å². The van der Waals surface area contributed by atoms with E-state index in [1.54, 1.807) is 33.9 Å². The molecule has 1 aliphatic carbocycles. The maximum atomic E-state index is 14.2. The molecule has 9 heteroatoms. The van der Waals surface area contributed by atoms with Crippen molar-refractivity contribution in [2.75, 3.05) is 43.1 Å². The highest BCUT2D eigenvalue weighted by atomic mass is 35.5. The molecule has 42 heavy (non-hydrogen) atoms. The fourth-order valence-corrected chi connectivity index (χ4v) is 4.98. The predicted molar refractivity (Wildman–Crippen MR) is 174 cm³/mol. The maximum Gasteiger partial charge on any atom is 0.326 e. The molecule has 0 bridgehead atoms. The zero-order valence-corrected chi connectivity index (χ0v) is 27.7. The number of benzene rings is 2. The number of nitrogens with zero attached hydrogens (tertiary/aromatic N) is 2. The Balaban J connectivity index is 0.00000616. The maximum absolute atomic E-state index is 14.2. The van der Waals surface area contributed by atoms with Crippen LogP contribution >= 0.6 is 12.4 Å². The molecule has 1 aliphatic rings. The Morgan fingerprint density at radius 1 is 0.905 bits per heavy atom. The lowest BCUT2D eigenvalue weighted by atomic mass is 9.85. The number of hydrogen-bond acceptors (Lipinski definition) is 6. The van der Waals surface area contributed by atoms with Gasteiger partial charge in [-0.3, -0.25) is 9.69 Å². The van der Waals surface area contributed by atoms with Gasteiger partial charge in [-0.25, -0.2) is 4.79 Å². The van der Waals surface area contributed by atoms with Gasteiger partial charge in [-0.2, -0.15) is 0 Å². The zero-order valence-electron chi connectivity index (χ0n) is 26.8. The van der Waals surface area contributed by atoms with Crippen LogP contribution in [0.3, 0.4) is 0 Å². The van der Waals surface area contributed by atoms with Crippen molar-refractivity contribution in [1.82, 2.24) is 0 Å². The topological polar surface area (TPSA) is 80.3 Å². The number of anilines is 3. The van der Waals surface area contributed by atoms with Crippen LogP contribution in [0, 0.1) is 5.41 Å². The third kappa shape index (κ3) is 9.18. The molecule has 0 atom stereocenters. The van der Waals surface area contributed by atoms with Gasteiger partial charge in [0.25, 0.3) is 0 Å². The summed E-state index contributed by atoms with van der Waals surface area (Å²) in [5, 5.41) is 3.15. The summed E-state index contributed by atoms with van der Waals surface area (Å²) in [4.78, 5) is 30.5. The van der Waals surface area contributed by atoms with E-state index in [1.165, 1.54) is 12.8 Å². The van der Waals surface area contributed by atoms with Crippen LogP contribution in [0.15, 0.2) is 36.4 Å². The fraction of sp³-hybridized carbons (Fsp3) is 0.576. The third-order valence-electron chi connectivity index (χ3n) is 7.41. The van der Waals surface area contributed by atoms with Crippen LogP contribution in [0.4, 0.5) is 21.9 Å². The van der Waals surface area contributed by atoms with E-state index in [1.807, 2.05) is 54.2 Å². The smallest absolute Gasteiger partial charge is 0.326 e. The number of rotatable bonds is 8. The number of halogens is 1. The van der Waals surface area contributed by atoms with Gasteiger partial charge < -0.3 is 24.4 Å². The van der Waals surface area contributed by atoms with E-state index in [2.05, 4.69) is 26.1 Å². The second-order valence-corrected chi connectivity index (χ2v) is 13.1. The van der Waals surface area contributed by atoms with E-state index in [4.69, 9.17) is 14.2 Å². The van der Waals surface area contributed by atoms with Gasteiger partial charge in [-0.15, -0.1) is 12.4 Å². The predicted octanol–water partition coefficient (Wildman–Crippen LogP) is 8.17. The number of ether oxygens (including phenoxy) is 3. The highest BCUT2D eigenvalue weighted by molar-refractivity contribution is 6.03. The molecule has 0 aliphatic heterocycles. The molecule has 3 rings (SSSR count). The Morgan fingerprint density at radius 2 is 1.48 bits per heavy atom. The molecule has 2 amide bonds. The number of carbonyl (C=O) groups is 2. The molecule has 1 fully saturated rings. The van der Waals surface area contributed by atoms with Crippen LogP contribution in [0.5, 0.6) is 11.5 Å². The zero-order chi connectivity index (χ0) is 30.4. The highest BCUT2D eigenvalue weighted by Gasteiger charge is 2.30. The van der Waals surface area contributed by atoms with E-state index >= 15 is 0 Å². The van der Waals surface area contributed by atoms with Gasteiger partial charge in [0.2, 0.25) is 6.79 Å². The summed E-state index contributed by atoms with van der Waals surface area (Å²) in [5.41, 5.74) is 2.21. The van der Waals surface area contributed by atoms with Crippen LogP contribution in [0.1, 0.15) is 85.6 Å². The van der Waals surface area contributed by atoms with E-state index in [9.17, 15) is 9.59 Å². The molecule has 234 valence electrons. The summed E-state index contributed by atoms with van der Waals surface area (Å²) in [5.74, 6) is 0.687. The average molecular weight is 604 g/mol. The summed E-state index contributed by atoms with van der Waals surface area (Å²) >= 11 is 0. The van der Waals surface area contributed by atoms with Gasteiger partial charge in [-0.05, 0) is 69.4 Å². The largest absolute Gasteiger partial charge is 0.497 e. The van der Waals surface area contributed by atoms with Crippen molar-refractivity contribution in [3.63, 3.8) is 0 Å². The van der Waals surface area contributed by atoms with Crippen molar-refractivity contribution in [3.8, 4) is 11.5 Å². The Labute approximate surface area is 258 Å². The molecule has 0 heterocycles. The summed E-state index contributed by atoms with van der Waals surface area (Å²) in [6.45, 7) is 11.3. The van der Waals surface area contributed by atoms with Gasteiger partial charge >= 0.3 is 12.0 Å². The number of esters is 1. The molecule has 2 aromatic rings. The molecular weight excluding hydrogens is 554 g/mol. The van der Waals surface area contributed by atoms with E-state index in [0.717, 1.165) is 42.6 Å². The average Bonchev–Trinajstić information content (AvgIpc) is 3.17. The molecule has 8 nitrogen and oxygen atoms in total. The Bertz CT molecular complexity index is 1180. The lowest BCUT2D eigenvalue weighted by Crippen LogP contribution is -2.43. The minimum atomic E-state index is -0.658. The molecule has 1 saturated carbocycles. The van der Waals surface area contributed by atoms with Gasteiger partial charge in [0.15, 0.2) is 5.75 Å². The first-order valence-electron chi connectivity index (χ1n) is 14.6. The molecule has 0 spiro atoms. The standard InChI is InChI=1S/C33H49N3O5.ClH/c1-32(2,3)27-20-26(39-9)21-28(29(27)40-22-41-30(37)33(4,5)6)34-31(38)36(24-14-12-10-11-13-15-24)25-18-16-23(17-19-25)35(7)8;/h16-21,24H,10-15,22H2,1-9H3,(H,34,38);1H. The fourth-order valence-electron chi connectivity index (χ4n) is 4.98. The summed E-state index contributed by atoms with van der Waals surface area (Å²) in [6.07, 6.45) is 6.43. The lowest BCUT2D eigenvalue weighted by molar-refractivity contribution is -0.159. The van der Waals surface area contributed by atoms with Crippen molar-refractivity contribution >= 4 is 41.5 Å². The second kappa shape index (κ2) is 14.9. The van der Waals surface area contributed by atoms with Crippen molar-refractivity contribution < 1.29 is 23.8 Å². The number of amides is 2. The van der Waals surface area contributed by atoms with Crippen LogP contribution in [-0.2, 0) is 14.9 Å². The molecule has 0 unspecified atom stereocenters. The Kier molecular flexibility index (Phi) is 12.4. The third-order valence-corrected chi connectivity index (χ3v) is 7.41. The SMILES string of the molecule is COc1cc(NC(=O)N(c2ccc(N(C)C)cc2)C2CCCCCC2)c(OCOC(=O)C(C)(C)C)c(C(C)(C)C)c1.Cl. The van der Waals surface area contributed by atoms with Crippen molar-refractivity contribution in [1.29, 1.82) is 0 Å². The van der Waals surface area contributed by atoms with Crippen LogP contribution in [0.2, 0.25) is 0 Å². The summed E-state index contributed by atoms with van der Waals surface area (Å²) in [7, 11) is 5.60. The first-order chi connectivity index (χ1) is 19.2. The van der Waals surface area contributed by atoms with E-state index in [-0.39, 0.29) is 42.7 Å². The molecule has 0 aromatic heterocycles. The number of carbonyl (C=O) groups excluding carboxylic acids is 2. The van der Waals surface area contributed by atoms with Crippen molar-refractivity contribution in [2.45, 2.75) is 91.5 Å². The normalized spacial score (nSPS) is 14.2. The first kappa shape index (κ1) is 35.1. The number of hydrogen-bond donors (Lipinski definition) is 1. The minimum absolute atomic E-state index is 0. The van der Waals surface area contributed by atoms with Gasteiger partial charge in [0, 0.05) is 43.1 Å². The molecule has 0 radical (unpaired) electrons. The van der Waals surface area contributed by atoms with E-state index < -0.39 is 5.41 Å². The van der Waals surface area contributed by atoms with Gasteiger partial charge in [0.1, 0.15) is 5.75 Å². The minimum Gasteiger partial charge on any atom is -0.497 e. The van der Waals surface area contributed by atoms with Crippen LogP contribution < -0.4 is 24.6 Å². The van der Waals surface area contributed by atoms with Gasteiger partial charge in [-0.1, -0.05) is 46.5 Å². The quantitative estimate of drug-likeness (QED) is 0.186. The van der Waals surface area contributed by atoms with Crippen molar-refractivity contribution in [2.24, 2.45) is 5.41 Å². The monoisotopic (exact) mass is 603 g/mol. The Morgan fingerprint density at radius 3 is 1.98 bits per heavy atom. The number of methoxy groups -OCH3 is 1. The van der Waals surface area contributed by atoms with Crippen molar-refractivity contribution in [3.05, 3.63) is 42.0 Å². The summed E-state index contributed by atoms with van der Waals surface area (Å²) in [6, 6.07) is 11.6. The molecular formula is C33H50ClN3O5. The number of nitrogens with one attached hydrogen (secondary N) is 1. The second-order valence-electron chi connectivity index (χ2n) is 13.1. The van der Waals surface area contributed by atoms with Crippen LogP contribution in [0.25, 0.3) is 0 Å². The molecule has 1 N–H and O–H groups in total. The lowest BCUT2D eigenvalue weighted by Gasteiger charge is -2.32. The molecule has 2 aromatic carbocycles.